The van der Waals surface area contributed by atoms with E-state index in [2.05, 4.69) is 46.5 Å². The van der Waals surface area contributed by atoms with Crippen molar-refractivity contribution in [3.05, 3.63) is 41.3 Å². The Kier molecular flexibility index (Phi) is 9.36. The van der Waals surface area contributed by atoms with Gasteiger partial charge in [0.2, 0.25) is 5.78 Å². The highest BCUT2D eigenvalue weighted by Gasteiger charge is 2.55. The van der Waals surface area contributed by atoms with E-state index in [9.17, 15) is 26.4 Å². The Labute approximate surface area is 243 Å². The number of Topliss-reactive ketones (excluding diaryl/α,β-unsaturated/α-hetero) is 1. The number of rotatable bonds is 10. The van der Waals surface area contributed by atoms with Crippen LogP contribution in [0.4, 0.5) is 13.2 Å². The number of halogens is 3. The number of oxazole rings is 1. The molecule has 0 amide bonds. The fourth-order valence-corrected chi connectivity index (χ4v) is 14.1. The van der Waals surface area contributed by atoms with Gasteiger partial charge in [0, 0.05) is 16.9 Å². The summed E-state index contributed by atoms with van der Waals surface area (Å²) >= 11 is 0. The molecule has 1 aliphatic rings. The highest BCUT2D eigenvalue weighted by Crippen LogP contribution is 2.58. The van der Waals surface area contributed by atoms with Crippen molar-refractivity contribution in [3.8, 4) is 5.75 Å². The molecule has 1 aromatic heterocycles. The van der Waals surface area contributed by atoms with Gasteiger partial charge < -0.3 is 8.60 Å². The molecule has 1 fully saturated rings. The molecule has 230 valence electrons. The molecular weight excluding hydrogens is 571 g/mol. The average molecular weight is 616 g/mol. The van der Waals surface area contributed by atoms with Gasteiger partial charge in [-0.1, -0.05) is 80.0 Å². The van der Waals surface area contributed by atoms with Gasteiger partial charge in [0.05, 0.1) is 6.20 Å². The zero-order chi connectivity index (χ0) is 31.3. The lowest BCUT2D eigenvalue weighted by atomic mass is 9.67. The quantitative estimate of drug-likeness (QED) is 0.116. The van der Waals surface area contributed by atoms with Gasteiger partial charge in [-0.05, 0) is 54.3 Å². The fraction of sp³-hybridized carbons (Fsp3) is 0.667. The highest BCUT2D eigenvalue weighted by atomic mass is 32.2. The Bertz CT molecular complexity index is 1340. The maximum atomic E-state index is 14.4. The van der Waals surface area contributed by atoms with Crippen LogP contribution in [0.3, 0.4) is 0 Å². The predicted molar refractivity (Wildman–Crippen MR) is 157 cm³/mol. The van der Waals surface area contributed by atoms with Crippen molar-refractivity contribution in [1.29, 1.82) is 0 Å². The second-order valence-corrected chi connectivity index (χ2v) is 20.4. The van der Waals surface area contributed by atoms with Crippen LogP contribution in [0.2, 0.25) is 16.6 Å². The number of hydrogen-bond donors (Lipinski definition) is 0. The van der Waals surface area contributed by atoms with E-state index in [1.807, 2.05) is 13.8 Å². The van der Waals surface area contributed by atoms with Gasteiger partial charge in [0.1, 0.15) is 5.75 Å². The summed E-state index contributed by atoms with van der Waals surface area (Å²) in [6.07, 6.45) is 2.59. The minimum absolute atomic E-state index is 0.0652. The molecule has 3 rings (SSSR count). The Hall–Kier alpha value is -2.14. The first-order valence-corrected chi connectivity index (χ1v) is 18.0. The number of alkyl halides is 3. The summed E-state index contributed by atoms with van der Waals surface area (Å²) in [7, 11) is -8.20. The summed E-state index contributed by atoms with van der Waals surface area (Å²) in [5.41, 5.74) is -4.11. The molecule has 1 heterocycles. The molecule has 6 nitrogen and oxygen atoms in total. The van der Waals surface area contributed by atoms with Crippen molar-refractivity contribution >= 4 is 29.5 Å². The molecule has 2 aromatic rings. The van der Waals surface area contributed by atoms with E-state index in [4.69, 9.17) is 8.60 Å². The zero-order valence-corrected chi connectivity index (χ0v) is 27.5. The molecule has 41 heavy (non-hydrogen) atoms. The van der Waals surface area contributed by atoms with Crippen molar-refractivity contribution in [2.24, 2.45) is 17.3 Å². The third-order valence-corrected chi connectivity index (χ3v) is 17.1. The number of aryl methyl sites for hydroxylation is 1. The van der Waals surface area contributed by atoms with Crippen molar-refractivity contribution in [1.82, 2.24) is 4.98 Å². The Balaban J connectivity index is 2.18. The van der Waals surface area contributed by atoms with E-state index in [-0.39, 0.29) is 28.9 Å². The summed E-state index contributed by atoms with van der Waals surface area (Å²) in [5, 5.41) is 0. The molecule has 1 aromatic carbocycles. The third kappa shape index (κ3) is 5.77. The van der Waals surface area contributed by atoms with Gasteiger partial charge in [-0.3, -0.25) is 4.79 Å². The van der Waals surface area contributed by atoms with Gasteiger partial charge in [0.15, 0.2) is 19.3 Å². The lowest BCUT2D eigenvalue weighted by Gasteiger charge is -2.39. The number of aromatic nitrogens is 1. The molecule has 0 unspecified atom stereocenters. The van der Waals surface area contributed by atoms with Crippen LogP contribution in [0.15, 0.2) is 28.8 Å². The Morgan fingerprint density at radius 2 is 1.63 bits per heavy atom. The normalized spacial score (nSPS) is 22.4. The van der Waals surface area contributed by atoms with Crippen molar-refractivity contribution in [3.63, 3.8) is 0 Å². The van der Waals surface area contributed by atoms with Gasteiger partial charge >= 0.3 is 15.6 Å². The number of ketones is 1. The SMILES string of the molecule is Cc1ccc(OS(=O)(=O)C(F)(F)F)c([C@H]2[C@@H](C(C)C)CC[C@@]2(C)C(=O)c2cnc([Si](C(C)C)(C(C)C)C(C)C)o2)c1. The summed E-state index contributed by atoms with van der Waals surface area (Å²) < 4.78 is 75.0. The maximum Gasteiger partial charge on any atom is 0.534 e. The van der Waals surface area contributed by atoms with Gasteiger partial charge in [-0.15, -0.1) is 0 Å². The molecule has 1 aliphatic carbocycles. The van der Waals surface area contributed by atoms with Gasteiger partial charge in [-0.2, -0.15) is 21.6 Å². The minimum Gasteiger partial charge on any atom is -0.443 e. The largest absolute Gasteiger partial charge is 0.534 e. The molecule has 3 atom stereocenters. The zero-order valence-electron chi connectivity index (χ0n) is 25.7. The fourth-order valence-electron chi connectivity index (χ4n) is 7.56. The van der Waals surface area contributed by atoms with Crippen LogP contribution in [-0.2, 0) is 10.1 Å². The van der Waals surface area contributed by atoms with E-state index >= 15 is 0 Å². The second kappa shape index (κ2) is 11.5. The maximum absolute atomic E-state index is 14.4. The first kappa shape index (κ1) is 33.4. The van der Waals surface area contributed by atoms with Crippen molar-refractivity contribution in [2.75, 3.05) is 0 Å². The number of carbonyl (C=O) groups is 1. The lowest BCUT2D eigenvalue weighted by molar-refractivity contribution is -0.0500. The molecule has 0 radical (unpaired) electrons. The van der Waals surface area contributed by atoms with Crippen LogP contribution < -0.4 is 9.70 Å². The summed E-state index contributed by atoms with van der Waals surface area (Å²) in [6, 6.07) is 4.38. The minimum atomic E-state index is -5.91. The molecule has 1 saturated carbocycles. The highest BCUT2D eigenvalue weighted by molar-refractivity contribution is 7.88. The van der Waals surface area contributed by atoms with Crippen LogP contribution in [-0.4, -0.2) is 32.8 Å². The molecule has 0 N–H and O–H groups in total. The average Bonchev–Trinajstić information content (AvgIpc) is 3.44. The van der Waals surface area contributed by atoms with E-state index < -0.39 is 40.8 Å². The van der Waals surface area contributed by atoms with Crippen LogP contribution in [0.25, 0.3) is 0 Å². The van der Waals surface area contributed by atoms with Crippen molar-refractivity contribution in [2.45, 2.75) is 110 Å². The number of nitrogens with zero attached hydrogens (tertiary/aromatic N) is 1. The predicted octanol–water partition coefficient (Wildman–Crippen LogP) is 8.14. The molecular formula is C30H44F3NO5SSi. The smallest absolute Gasteiger partial charge is 0.443 e. The van der Waals surface area contributed by atoms with Crippen LogP contribution in [0, 0.1) is 24.2 Å². The molecule has 0 aliphatic heterocycles. The summed E-state index contributed by atoms with van der Waals surface area (Å²) in [6.45, 7) is 20.6. The second-order valence-electron chi connectivity index (χ2n) is 13.1. The van der Waals surface area contributed by atoms with Gasteiger partial charge in [-0.25, -0.2) is 4.98 Å². The van der Waals surface area contributed by atoms with E-state index in [0.29, 0.717) is 40.5 Å². The first-order chi connectivity index (χ1) is 18.7. The number of benzene rings is 1. The van der Waals surface area contributed by atoms with Crippen molar-refractivity contribution < 1.29 is 35.0 Å². The molecule has 11 heteroatoms. The van der Waals surface area contributed by atoms with E-state index in [1.54, 1.807) is 19.9 Å². The monoisotopic (exact) mass is 615 g/mol. The van der Waals surface area contributed by atoms with Gasteiger partial charge in [0.25, 0.3) is 0 Å². The third-order valence-electron chi connectivity index (χ3n) is 9.44. The topological polar surface area (TPSA) is 86.5 Å². The van der Waals surface area contributed by atoms with Crippen LogP contribution in [0.5, 0.6) is 5.75 Å². The summed E-state index contributed by atoms with van der Waals surface area (Å²) in [4.78, 5) is 19.0. The standard InChI is InChI=1S/C30H44F3NO5SSi/c1-17(2)22-13-14-29(10,26(22)23-15-21(9)11-12-24(23)39-40(36,37)30(31,32)33)27(35)25-16-34-28(38-25)41(18(3)4,19(5)6)20(7)8/h11-12,15-20,22,26H,13-14H2,1-10H3/t22-,26-,29-/m1/s1. The summed E-state index contributed by atoms with van der Waals surface area (Å²) in [5.74, 6) is -1.21. The number of carbonyl (C=O) groups excluding carboxylic acids is 1. The Morgan fingerprint density at radius 3 is 2.12 bits per heavy atom. The molecule has 0 bridgehead atoms. The van der Waals surface area contributed by atoms with Crippen LogP contribution in [0.1, 0.15) is 103 Å². The lowest BCUT2D eigenvalue weighted by Crippen LogP contribution is -2.56. The first-order valence-electron chi connectivity index (χ1n) is 14.3. The molecule has 0 spiro atoms. The van der Waals surface area contributed by atoms with Crippen LogP contribution >= 0.6 is 0 Å². The Morgan fingerprint density at radius 1 is 1.07 bits per heavy atom. The van der Waals surface area contributed by atoms with E-state index in [0.717, 1.165) is 0 Å². The number of hydrogen-bond acceptors (Lipinski definition) is 6. The van der Waals surface area contributed by atoms with E-state index in [1.165, 1.54) is 18.3 Å². The molecule has 0 saturated heterocycles.